The lowest BCUT2D eigenvalue weighted by Gasteiger charge is -2.18. The third-order valence-electron chi connectivity index (χ3n) is 3.76. The van der Waals surface area contributed by atoms with Crippen LogP contribution in [0.5, 0.6) is 0 Å². The number of carbonyl (C=O) groups is 1. The van der Waals surface area contributed by atoms with Crippen LogP contribution in [0.2, 0.25) is 0 Å². The maximum absolute atomic E-state index is 11.9. The number of rotatable bonds is 7. The molecule has 6 heteroatoms. The van der Waals surface area contributed by atoms with Gasteiger partial charge in [0.1, 0.15) is 5.25 Å². The van der Waals surface area contributed by atoms with Gasteiger partial charge in [-0.3, -0.25) is 4.79 Å². The Morgan fingerprint density at radius 1 is 1.24 bits per heavy atom. The zero-order valence-corrected chi connectivity index (χ0v) is 16.4. The summed E-state index contributed by atoms with van der Waals surface area (Å²) < 4.78 is 10.9. The first-order valence-electron chi connectivity index (χ1n) is 8.59. The highest BCUT2D eigenvalue weighted by atomic mass is 32.2. The van der Waals surface area contributed by atoms with Gasteiger partial charge in [0, 0.05) is 5.56 Å². The molecule has 2 rings (SSSR count). The van der Waals surface area contributed by atoms with Crippen molar-refractivity contribution < 1.29 is 13.9 Å². The monoisotopic (exact) mass is 362 g/mol. The molecular formula is C19H26N2O3S. The van der Waals surface area contributed by atoms with Crippen molar-refractivity contribution in [2.75, 3.05) is 6.61 Å². The second-order valence-corrected chi connectivity index (χ2v) is 8.27. The third kappa shape index (κ3) is 5.59. The highest BCUT2D eigenvalue weighted by molar-refractivity contribution is 8.00. The molecule has 1 aromatic heterocycles. The lowest BCUT2D eigenvalue weighted by atomic mass is 9.87. The van der Waals surface area contributed by atoms with Crippen LogP contribution in [0.1, 0.15) is 53.0 Å². The minimum atomic E-state index is -0.381. The van der Waals surface area contributed by atoms with Gasteiger partial charge in [-0.05, 0) is 36.5 Å². The van der Waals surface area contributed by atoms with Gasteiger partial charge in [0.15, 0.2) is 0 Å². The van der Waals surface area contributed by atoms with Crippen LogP contribution in [0.4, 0.5) is 0 Å². The molecule has 0 aliphatic heterocycles. The van der Waals surface area contributed by atoms with E-state index in [0.717, 1.165) is 18.4 Å². The minimum absolute atomic E-state index is 0.0992. The van der Waals surface area contributed by atoms with E-state index in [0.29, 0.717) is 17.7 Å². The van der Waals surface area contributed by atoms with E-state index in [9.17, 15) is 4.79 Å². The van der Waals surface area contributed by atoms with Crippen LogP contribution in [-0.2, 0) is 14.9 Å². The molecule has 136 valence electrons. The number of ether oxygens (including phenoxy) is 1. The Morgan fingerprint density at radius 2 is 1.92 bits per heavy atom. The molecule has 0 saturated heterocycles. The van der Waals surface area contributed by atoms with Crippen molar-refractivity contribution in [1.82, 2.24) is 10.2 Å². The number of carbonyl (C=O) groups excluding carboxylic acids is 1. The summed E-state index contributed by atoms with van der Waals surface area (Å²) in [4.78, 5) is 11.9. The van der Waals surface area contributed by atoms with Gasteiger partial charge in [-0.2, -0.15) is 0 Å². The Labute approximate surface area is 153 Å². The molecule has 1 atom stereocenters. The predicted molar refractivity (Wildman–Crippen MR) is 99.6 cm³/mol. The van der Waals surface area contributed by atoms with E-state index in [-0.39, 0.29) is 16.6 Å². The number of thioether (sulfide) groups is 1. The van der Waals surface area contributed by atoms with E-state index >= 15 is 0 Å². The Kier molecular flexibility index (Phi) is 6.64. The molecule has 0 amide bonds. The fraction of sp³-hybridized carbons (Fsp3) is 0.526. The topological polar surface area (TPSA) is 65.2 Å². The first-order valence-corrected chi connectivity index (χ1v) is 9.47. The molecule has 1 unspecified atom stereocenters. The first-order chi connectivity index (χ1) is 11.8. The van der Waals surface area contributed by atoms with E-state index in [1.54, 1.807) is 6.92 Å². The van der Waals surface area contributed by atoms with Gasteiger partial charge in [-0.1, -0.05) is 58.0 Å². The molecule has 0 N–H and O–H groups in total. The second-order valence-electron chi connectivity index (χ2n) is 6.98. The van der Waals surface area contributed by atoms with Gasteiger partial charge in [0.25, 0.3) is 5.22 Å². The summed E-state index contributed by atoms with van der Waals surface area (Å²) in [7, 11) is 0. The predicted octanol–water partition coefficient (Wildman–Crippen LogP) is 4.86. The van der Waals surface area contributed by atoms with Crippen molar-refractivity contribution in [1.29, 1.82) is 0 Å². The van der Waals surface area contributed by atoms with Crippen LogP contribution in [0.3, 0.4) is 0 Å². The molecule has 0 aliphatic carbocycles. The van der Waals surface area contributed by atoms with E-state index in [2.05, 4.69) is 50.0 Å². The lowest BCUT2D eigenvalue weighted by molar-refractivity contribution is -0.142. The standard InChI is InChI=1S/C19H26N2O3S/c1-6-7-12-23-17(22)13(2)25-18-21-20-16(24-18)14-8-10-15(11-9-14)19(3,4)5/h8-11,13H,6-7,12H2,1-5H3. The minimum Gasteiger partial charge on any atom is -0.465 e. The SMILES string of the molecule is CCCCOC(=O)C(C)Sc1nnc(-c2ccc(C(C)(C)C)cc2)o1. The van der Waals surface area contributed by atoms with Gasteiger partial charge in [0.2, 0.25) is 5.89 Å². The van der Waals surface area contributed by atoms with Gasteiger partial charge < -0.3 is 9.15 Å². The summed E-state index contributed by atoms with van der Waals surface area (Å²) in [6.07, 6.45) is 1.87. The fourth-order valence-electron chi connectivity index (χ4n) is 2.12. The molecule has 1 aromatic carbocycles. The summed E-state index contributed by atoms with van der Waals surface area (Å²) in [5, 5.41) is 8.09. The number of esters is 1. The molecule has 0 bridgehead atoms. The van der Waals surface area contributed by atoms with E-state index in [4.69, 9.17) is 9.15 Å². The van der Waals surface area contributed by atoms with E-state index in [1.807, 2.05) is 12.1 Å². The maximum Gasteiger partial charge on any atom is 0.319 e. The summed E-state index contributed by atoms with van der Waals surface area (Å²) in [6, 6.07) is 8.09. The maximum atomic E-state index is 11.9. The Hall–Kier alpha value is -1.82. The number of unbranched alkanes of at least 4 members (excludes halogenated alkanes) is 1. The molecular weight excluding hydrogens is 336 g/mol. The zero-order chi connectivity index (χ0) is 18.4. The Morgan fingerprint density at radius 3 is 2.52 bits per heavy atom. The number of nitrogens with zero attached hydrogens (tertiary/aromatic N) is 2. The summed E-state index contributed by atoms with van der Waals surface area (Å²) >= 11 is 1.22. The molecule has 25 heavy (non-hydrogen) atoms. The highest BCUT2D eigenvalue weighted by Gasteiger charge is 2.20. The normalized spacial score (nSPS) is 12.8. The van der Waals surface area contributed by atoms with Crippen LogP contribution in [-0.4, -0.2) is 28.0 Å². The Balaban J connectivity index is 1.99. The lowest BCUT2D eigenvalue weighted by Crippen LogP contribution is -2.17. The summed E-state index contributed by atoms with van der Waals surface area (Å²) in [6.45, 7) is 10.8. The largest absolute Gasteiger partial charge is 0.465 e. The second kappa shape index (κ2) is 8.52. The van der Waals surface area contributed by atoms with Crippen LogP contribution in [0.25, 0.3) is 11.5 Å². The molecule has 0 saturated carbocycles. The molecule has 2 aromatic rings. The molecule has 5 nitrogen and oxygen atoms in total. The first kappa shape index (κ1) is 19.5. The van der Waals surface area contributed by atoms with Crippen molar-refractivity contribution in [2.45, 2.75) is 63.3 Å². The average molecular weight is 362 g/mol. The molecule has 1 heterocycles. The van der Waals surface area contributed by atoms with E-state index in [1.165, 1.54) is 17.3 Å². The van der Waals surface area contributed by atoms with Crippen molar-refractivity contribution in [2.24, 2.45) is 0 Å². The van der Waals surface area contributed by atoms with Gasteiger partial charge in [0.05, 0.1) is 6.61 Å². The summed E-state index contributed by atoms with van der Waals surface area (Å²) in [5.41, 5.74) is 2.21. The molecule has 0 spiro atoms. The summed E-state index contributed by atoms with van der Waals surface area (Å²) in [5.74, 6) is 0.197. The van der Waals surface area contributed by atoms with Crippen LogP contribution in [0.15, 0.2) is 33.9 Å². The van der Waals surface area contributed by atoms with E-state index < -0.39 is 0 Å². The number of aromatic nitrogens is 2. The van der Waals surface area contributed by atoms with Crippen molar-refractivity contribution >= 4 is 17.7 Å². The number of benzene rings is 1. The fourth-order valence-corrected chi connectivity index (χ4v) is 2.80. The third-order valence-corrected chi connectivity index (χ3v) is 4.67. The number of hydrogen-bond donors (Lipinski definition) is 0. The van der Waals surface area contributed by atoms with Crippen LogP contribution >= 0.6 is 11.8 Å². The molecule has 0 aliphatic rings. The quantitative estimate of drug-likeness (QED) is 0.398. The zero-order valence-electron chi connectivity index (χ0n) is 15.5. The molecule has 0 radical (unpaired) electrons. The van der Waals surface area contributed by atoms with Gasteiger partial charge >= 0.3 is 5.97 Å². The number of hydrogen-bond acceptors (Lipinski definition) is 6. The smallest absolute Gasteiger partial charge is 0.319 e. The Bertz CT molecular complexity index is 689. The van der Waals surface area contributed by atoms with Crippen molar-refractivity contribution in [3.05, 3.63) is 29.8 Å². The van der Waals surface area contributed by atoms with Crippen molar-refractivity contribution in [3.63, 3.8) is 0 Å². The van der Waals surface area contributed by atoms with Gasteiger partial charge in [-0.25, -0.2) is 0 Å². The van der Waals surface area contributed by atoms with Gasteiger partial charge in [-0.15, -0.1) is 10.2 Å². The molecule has 0 fully saturated rings. The van der Waals surface area contributed by atoms with Crippen molar-refractivity contribution in [3.8, 4) is 11.5 Å². The highest BCUT2D eigenvalue weighted by Crippen LogP contribution is 2.28. The average Bonchev–Trinajstić information content (AvgIpc) is 3.02. The van der Waals surface area contributed by atoms with Crippen LogP contribution < -0.4 is 0 Å². The van der Waals surface area contributed by atoms with Crippen LogP contribution in [0, 0.1) is 0 Å².